The van der Waals surface area contributed by atoms with Gasteiger partial charge in [-0.25, -0.2) is 4.39 Å². The lowest BCUT2D eigenvalue weighted by Crippen LogP contribution is -2.01. The van der Waals surface area contributed by atoms with Crippen LogP contribution in [0.3, 0.4) is 0 Å². The van der Waals surface area contributed by atoms with Crippen LogP contribution < -0.4 is 0 Å². The van der Waals surface area contributed by atoms with Gasteiger partial charge in [0.1, 0.15) is 11.9 Å². The Hall–Kier alpha value is 0.0600. The summed E-state index contributed by atoms with van der Waals surface area (Å²) in [5.74, 6) is -0.485. The van der Waals surface area contributed by atoms with Crippen molar-refractivity contribution in [1.29, 1.82) is 0 Å². The molecule has 0 fully saturated rings. The van der Waals surface area contributed by atoms with Crippen molar-refractivity contribution < 1.29 is 9.50 Å². The third-order valence-corrected chi connectivity index (χ3v) is 5.87. The summed E-state index contributed by atoms with van der Waals surface area (Å²) in [4.78, 5) is 0.677. The normalized spacial score (nSPS) is 12.8. The number of hydrogen-bond acceptors (Lipinski definition) is 2. The van der Waals surface area contributed by atoms with E-state index >= 15 is 0 Å². The van der Waals surface area contributed by atoms with E-state index in [0.29, 0.717) is 14.4 Å². The fraction of sp³-hybridized carbons (Fsp3) is 0.167. The van der Waals surface area contributed by atoms with Gasteiger partial charge in [0.05, 0.1) is 8.81 Å². The Labute approximate surface area is 130 Å². The molecule has 0 spiro atoms. The molecule has 0 saturated heterocycles. The second-order valence-electron chi connectivity index (χ2n) is 3.80. The van der Waals surface area contributed by atoms with E-state index in [2.05, 4.69) is 31.9 Å². The van der Waals surface area contributed by atoms with Crippen molar-refractivity contribution in [3.05, 3.63) is 53.3 Å². The highest BCUT2D eigenvalue weighted by atomic mass is 79.9. The van der Waals surface area contributed by atoms with Crippen LogP contribution in [0.2, 0.25) is 5.02 Å². The summed E-state index contributed by atoms with van der Waals surface area (Å²) in [6, 6.07) is 4.53. The van der Waals surface area contributed by atoms with E-state index in [4.69, 9.17) is 11.6 Å². The zero-order valence-electron chi connectivity index (χ0n) is 9.18. The molecule has 1 atom stereocenters. The summed E-state index contributed by atoms with van der Waals surface area (Å²) in [7, 11) is 0. The summed E-state index contributed by atoms with van der Waals surface area (Å²) < 4.78 is 15.2. The van der Waals surface area contributed by atoms with Crippen molar-refractivity contribution >= 4 is 54.8 Å². The Kier molecular flexibility index (Phi) is 4.49. The first kappa shape index (κ1) is 14.5. The van der Waals surface area contributed by atoms with Gasteiger partial charge in [0, 0.05) is 14.9 Å². The number of aliphatic hydroxyl groups is 1. The molecule has 2 rings (SSSR count). The average molecular weight is 415 g/mol. The van der Waals surface area contributed by atoms with Crippen molar-refractivity contribution in [1.82, 2.24) is 0 Å². The number of benzene rings is 1. The van der Waals surface area contributed by atoms with Gasteiger partial charge in [0.25, 0.3) is 0 Å². The largest absolute Gasteiger partial charge is 0.383 e. The first-order chi connectivity index (χ1) is 8.40. The molecule has 0 aliphatic carbocycles. The Morgan fingerprint density at radius 1 is 1.33 bits per heavy atom. The zero-order chi connectivity index (χ0) is 13.4. The number of thiophene rings is 1. The lowest BCUT2D eigenvalue weighted by atomic mass is 10.1. The highest BCUT2D eigenvalue weighted by Crippen LogP contribution is 2.37. The van der Waals surface area contributed by atoms with Gasteiger partial charge in [0.15, 0.2) is 0 Å². The standard InChI is InChI=1S/C12H8Br2ClFOS/c1-5-2-10(18-12(5)14)11(17)6-3-8(15)7(13)4-9(6)16/h2-4,11,17H,1H3. The molecule has 1 N–H and O–H groups in total. The molecular formula is C12H8Br2ClFOS. The quantitative estimate of drug-likeness (QED) is 0.648. The molecule has 6 heteroatoms. The number of rotatable bonds is 2. The van der Waals surface area contributed by atoms with Gasteiger partial charge in [-0.2, -0.15) is 0 Å². The second-order valence-corrected chi connectivity index (χ2v) is 7.46. The predicted octanol–water partition coefficient (Wildman–Crippen LogP) is 5.46. The summed E-state index contributed by atoms with van der Waals surface area (Å²) in [6.07, 6.45) is -1.01. The highest BCUT2D eigenvalue weighted by molar-refractivity contribution is 9.11. The number of hydrogen-bond donors (Lipinski definition) is 1. The van der Waals surface area contributed by atoms with E-state index < -0.39 is 11.9 Å². The van der Waals surface area contributed by atoms with Gasteiger partial charge in [-0.3, -0.25) is 0 Å². The van der Waals surface area contributed by atoms with Crippen molar-refractivity contribution in [3.63, 3.8) is 0 Å². The second kappa shape index (κ2) is 5.59. The maximum atomic E-state index is 13.8. The minimum absolute atomic E-state index is 0.178. The lowest BCUT2D eigenvalue weighted by molar-refractivity contribution is 0.218. The molecule has 0 radical (unpaired) electrons. The molecule has 1 aromatic heterocycles. The molecule has 0 saturated carbocycles. The van der Waals surface area contributed by atoms with Gasteiger partial charge in [-0.1, -0.05) is 11.6 Å². The van der Waals surface area contributed by atoms with E-state index in [9.17, 15) is 9.50 Å². The molecule has 96 valence electrons. The molecule has 0 bridgehead atoms. The van der Waals surface area contributed by atoms with Gasteiger partial charge < -0.3 is 5.11 Å². The van der Waals surface area contributed by atoms with E-state index in [1.54, 1.807) is 0 Å². The molecule has 1 unspecified atom stereocenters. The molecule has 0 aliphatic rings. The van der Waals surface area contributed by atoms with Crippen LogP contribution in [0.25, 0.3) is 0 Å². The van der Waals surface area contributed by atoms with Crippen molar-refractivity contribution in [2.24, 2.45) is 0 Å². The van der Waals surface area contributed by atoms with Crippen LogP contribution in [0, 0.1) is 12.7 Å². The smallest absolute Gasteiger partial charge is 0.130 e. The SMILES string of the molecule is Cc1cc(C(O)c2cc(Cl)c(Br)cc2F)sc1Br. The van der Waals surface area contributed by atoms with Crippen LogP contribution in [-0.4, -0.2) is 5.11 Å². The fourth-order valence-corrected chi connectivity index (χ4v) is 3.58. The van der Waals surface area contributed by atoms with Gasteiger partial charge >= 0.3 is 0 Å². The van der Waals surface area contributed by atoms with Crippen LogP contribution in [0.5, 0.6) is 0 Å². The third-order valence-electron chi connectivity index (χ3n) is 2.48. The number of aliphatic hydroxyl groups excluding tert-OH is 1. The Morgan fingerprint density at radius 3 is 2.56 bits per heavy atom. The van der Waals surface area contributed by atoms with E-state index in [0.717, 1.165) is 9.35 Å². The van der Waals surface area contributed by atoms with Crippen molar-refractivity contribution in [3.8, 4) is 0 Å². The molecule has 1 nitrogen and oxygen atoms in total. The Morgan fingerprint density at radius 2 is 2.00 bits per heavy atom. The van der Waals surface area contributed by atoms with Crippen molar-refractivity contribution in [2.75, 3.05) is 0 Å². The van der Waals surface area contributed by atoms with Gasteiger partial charge in [0.2, 0.25) is 0 Å². The fourth-order valence-electron chi connectivity index (χ4n) is 1.52. The summed E-state index contributed by atoms with van der Waals surface area (Å²) in [5, 5.41) is 10.6. The first-order valence-electron chi connectivity index (χ1n) is 4.98. The van der Waals surface area contributed by atoms with Crippen LogP contribution >= 0.6 is 54.8 Å². The summed E-state index contributed by atoms with van der Waals surface area (Å²) >= 11 is 13.8. The average Bonchev–Trinajstić information content (AvgIpc) is 2.63. The summed E-state index contributed by atoms with van der Waals surface area (Å²) in [5.41, 5.74) is 1.19. The molecule has 1 heterocycles. The van der Waals surface area contributed by atoms with Gasteiger partial charge in [-0.15, -0.1) is 11.3 Å². The van der Waals surface area contributed by atoms with E-state index in [1.807, 2.05) is 13.0 Å². The third kappa shape index (κ3) is 2.80. The molecule has 0 aliphatic heterocycles. The Balaban J connectivity index is 2.45. The first-order valence-corrected chi connectivity index (χ1v) is 7.76. The Bertz CT molecular complexity index is 581. The summed E-state index contributed by atoms with van der Waals surface area (Å²) in [6.45, 7) is 1.92. The van der Waals surface area contributed by atoms with Crippen LogP contribution in [-0.2, 0) is 0 Å². The number of halogens is 4. The topological polar surface area (TPSA) is 20.2 Å². The van der Waals surface area contributed by atoms with Crippen LogP contribution in [0.1, 0.15) is 22.1 Å². The molecule has 1 aromatic carbocycles. The predicted molar refractivity (Wildman–Crippen MR) is 79.9 cm³/mol. The monoisotopic (exact) mass is 412 g/mol. The van der Waals surface area contributed by atoms with E-state index in [1.165, 1.54) is 23.5 Å². The van der Waals surface area contributed by atoms with E-state index in [-0.39, 0.29) is 5.56 Å². The number of aryl methyl sites for hydroxylation is 1. The highest BCUT2D eigenvalue weighted by Gasteiger charge is 2.19. The van der Waals surface area contributed by atoms with Crippen LogP contribution in [0.15, 0.2) is 26.5 Å². The minimum Gasteiger partial charge on any atom is -0.383 e. The zero-order valence-corrected chi connectivity index (χ0v) is 13.9. The molecule has 0 amide bonds. The molecular weight excluding hydrogens is 406 g/mol. The van der Waals surface area contributed by atoms with Gasteiger partial charge in [-0.05, 0) is 62.5 Å². The lowest BCUT2D eigenvalue weighted by Gasteiger charge is -2.11. The van der Waals surface area contributed by atoms with Crippen LogP contribution in [0.4, 0.5) is 4.39 Å². The molecule has 2 aromatic rings. The maximum absolute atomic E-state index is 13.8. The van der Waals surface area contributed by atoms with Crippen molar-refractivity contribution in [2.45, 2.75) is 13.0 Å². The minimum atomic E-state index is -1.01. The maximum Gasteiger partial charge on any atom is 0.130 e. The molecule has 18 heavy (non-hydrogen) atoms.